The maximum atomic E-state index is 3.60. The molecule has 1 aromatic heterocycles. The van der Waals surface area contributed by atoms with Gasteiger partial charge >= 0.3 is 0 Å². The first kappa shape index (κ1) is 3.97. The summed E-state index contributed by atoms with van der Waals surface area (Å²) < 4.78 is 1.36. The molecule has 0 saturated heterocycles. The fraction of sp³-hybridized carbons (Fsp3) is 0. The van der Waals surface area contributed by atoms with Gasteiger partial charge in [-0.2, -0.15) is 0 Å². The lowest BCUT2D eigenvalue weighted by Crippen LogP contribution is -1.80. The van der Waals surface area contributed by atoms with Gasteiger partial charge in [-0.15, -0.1) is 13.2 Å². The molecule has 0 aliphatic carbocycles. The fourth-order valence-corrected chi connectivity index (χ4v) is 0.377. The molecule has 0 radical (unpaired) electrons. The van der Waals surface area contributed by atoms with Crippen LogP contribution >= 0.6 is 22.9 Å². The molecular formula is CHIN4. The number of tetrazole rings is 1. The monoisotopic (exact) mass is 196 g/mol. The van der Waals surface area contributed by atoms with Crippen LogP contribution < -0.4 is 0 Å². The van der Waals surface area contributed by atoms with Gasteiger partial charge < -0.3 is 0 Å². The van der Waals surface area contributed by atoms with E-state index in [0.717, 1.165) is 0 Å². The average molecular weight is 196 g/mol. The van der Waals surface area contributed by atoms with Crippen molar-refractivity contribution in [3.8, 4) is 0 Å². The standard InChI is InChI=1S/CHIN4/c2-6-4-1-3-5-6/h1H. The Labute approximate surface area is 48.0 Å². The molecule has 0 spiro atoms. The molecule has 0 aromatic carbocycles. The van der Waals surface area contributed by atoms with Gasteiger partial charge in [-0.05, 0) is 5.21 Å². The van der Waals surface area contributed by atoms with Crippen LogP contribution in [0.15, 0.2) is 6.33 Å². The zero-order valence-electron chi connectivity index (χ0n) is 2.74. The third-order valence-electron chi connectivity index (χ3n) is 0.324. The third kappa shape index (κ3) is 0.644. The van der Waals surface area contributed by atoms with Crippen molar-refractivity contribution < 1.29 is 0 Å². The summed E-state index contributed by atoms with van der Waals surface area (Å²) in [6.45, 7) is 0. The van der Waals surface area contributed by atoms with E-state index in [1.165, 1.54) is 9.34 Å². The van der Waals surface area contributed by atoms with E-state index in [2.05, 4.69) is 15.4 Å². The van der Waals surface area contributed by atoms with Crippen molar-refractivity contribution >= 4 is 22.9 Å². The van der Waals surface area contributed by atoms with Crippen molar-refractivity contribution in [1.29, 1.82) is 0 Å². The Bertz CT molecular complexity index is 111. The van der Waals surface area contributed by atoms with Gasteiger partial charge in [0.25, 0.3) is 0 Å². The average Bonchev–Trinajstić information content (AvgIpc) is 1.86. The normalized spacial score (nSPS) is 8.83. The summed E-state index contributed by atoms with van der Waals surface area (Å²) in [5.74, 6) is 0. The SMILES string of the molecule is In1ncnn1. The maximum absolute atomic E-state index is 3.60. The number of aromatic nitrogens is 4. The van der Waals surface area contributed by atoms with E-state index < -0.39 is 0 Å². The van der Waals surface area contributed by atoms with Gasteiger partial charge in [-0.25, -0.2) is 0 Å². The summed E-state index contributed by atoms with van der Waals surface area (Å²) in [6, 6.07) is 0. The molecule has 5 heteroatoms. The molecule has 4 nitrogen and oxygen atoms in total. The Hall–Kier alpha value is -0.200. The third-order valence-corrected chi connectivity index (χ3v) is 0.766. The minimum absolute atomic E-state index is 1.36. The smallest absolute Gasteiger partial charge is 0.130 e. The van der Waals surface area contributed by atoms with Crippen molar-refractivity contribution in [3.05, 3.63) is 6.33 Å². The Morgan fingerprint density at radius 3 is 2.67 bits per heavy atom. The second-order valence-corrected chi connectivity index (χ2v) is 1.54. The summed E-state index contributed by atoms with van der Waals surface area (Å²) in [5, 5.41) is 10.5. The lowest BCUT2D eigenvalue weighted by molar-refractivity contribution is 0.853. The van der Waals surface area contributed by atoms with Crippen molar-refractivity contribution in [2.24, 2.45) is 0 Å². The zero-order valence-corrected chi connectivity index (χ0v) is 4.90. The maximum Gasteiger partial charge on any atom is 0.162 e. The van der Waals surface area contributed by atoms with Crippen LogP contribution in [0, 0.1) is 0 Å². The van der Waals surface area contributed by atoms with E-state index >= 15 is 0 Å². The van der Waals surface area contributed by atoms with Crippen LogP contribution in [0.3, 0.4) is 0 Å². The molecule has 0 bridgehead atoms. The Kier molecular flexibility index (Phi) is 0.992. The number of nitrogens with zero attached hydrogens (tertiary/aromatic N) is 4. The topological polar surface area (TPSA) is 43.6 Å². The van der Waals surface area contributed by atoms with E-state index in [1.54, 1.807) is 0 Å². The molecule has 0 unspecified atom stereocenters. The minimum Gasteiger partial charge on any atom is -0.130 e. The van der Waals surface area contributed by atoms with Crippen LogP contribution in [0.5, 0.6) is 0 Å². The van der Waals surface area contributed by atoms with Gasteiger partial charge in [-0.3, -0.25) is 0 Å². The summed E-state index contributed by atoms with van der Waals surface area (Å²) in [5.41, 5.74) is 0. The number of rotatable bonds is 0. The van der Waals surface area contributed by atoms with Crippen LogP contribution in [0.25, 0.3) is 0 Å². The highest BCUT2D eigenvalue weighted by Gasteiger charge is 1.75. The largest absolute Gasteiger partial charge is 0.162 e. The first-order valence-corrected chi connectivity index (χ1v) is 2.25. The number of hydrogen-bond acceptors (Lipinski definition) is 3. The highest BCUT2D eigenvalue weighted by molar-refractivity contribution is 14.1. The molecule has 1 heterocycles. The van der Waals surface area contributed by atoms with Crippen molar-refractivity contribution in [3.63, 3.8) is 0 Å². The lowest BCUT2D eigenvalue weighted by atomic mass is 11.4. The molecular weight excluding hydrogens is 195 g/mol. The predicted octanol–water partition coefficient (Wildman–Crippen LogP) is -0.129. The first-order chi connectivity index (χ1) is 2.89. The predicted molar refractivity (Wildman–Crippen MR) is 27.2 cm³/mol. The van der Waals surface area contributed by atoms with Gasteiger partial charge in [0, 0.05) is 0 Å². The van der Waals surface area contributed by atoms with Gasteiger partial charge in [0.1, 0.15) is 22.9 Å². The highest BCUT2D eigenvalue weighted by atomic mass is 127. The van der Waals surface area contributed by atoms with Crippen LogP contribution in [0.2, 0.25) is 0 Å². The summed E-state index contributed by atoms with van der Waals surface area (Å²) in [6.07, 6.45) is 1.38. The first-order valence-electron chi connectivity index (χ1n) is 1.29. The highest BCUT2D eigenvalue weighted by Crippen LogP contribution is 1.76. The molecule has 6 heavy (non-hydrogen) atoms. The van der Waals surface area contributed by atoms with Gasteiger partial charge in [0.05, 0.1) is 0 Å². The zero-order chi connectivity index (χ0) is 4.41. The van der Waals surface area contributed by atoms with Crippen LogP contribution in [-0.2, 0) is 0 Å². The molecule has 0 atom stereocenters. The molecule has 0 aliphatic heterocycles. The molecule has 0 N–H and O–H groups in total. The molecule has 0 amide bonds. The van der Waals surface area contributed by atoms with Gasteiger partial charge in [-0.1, -0.05) is 0 Å². The minimum atomic E-state index is 1.36. The van der Waals surface area contributed by atoms with Crippen LogP contribution in [0.4, 0.5) is 0 Å². The molecule has 32 valence electrons. The number of halogens is 1. The van der Waals surface area contributed by atoms with Crippen LogP contribution in [0.1, 0.15) is 0 Å². The summed E-state index contributed by atoms with van der Waals surface area (Å²) >= 11 is 1.91. The molecule has 0 saturated carbocycles. The molecule has 1 rings (SSSR count). The van der Waals surface area contributed by atoms with Gasteiger partial charge in [0.15, 0.2) is 6.33 Å². The van der Waals surface area contributed by atoms with E-state index in [0.29, 0.717) is 0 Å². The van der Waals surface area contributed by atoms with E-state index in [4.69, 9.17) is 0 Å². The lowest BCUT2D eigenvalue weighted by Gasteiger charge is -1.67. The second-order valence-electron chi connectivity index (χ2n) is 0.676. The van der Waals surface area contributed by atoms with Crippen molar-refractivity contribution in [1.82, 2.24) is 18.4 Å². The van der Waals surface area contributed by atoms with E-state index in [1.807, 2.05) is 22.9 Å². The summed E-state index contributed by atoms with van der Waals surface area (Å²) in [7, 11) is 0. The van der Waals surface area contributed by atoms with Gasteiger partial charge in [0.2, 0.25) is 0 Å². The Balaban J connectivity index is 3.05. The second kappa shape index (κ2) is 1.50. The van der Waals surface area contributed by atoms with Crippen molar-refractivity contribution in [2.75, 3.05) is 0 Å². The number of hydrogen-bond donors (Lipinski definition) is 0. The van der Waals surface area contributed by atoms with Crippen LogP contribution in [-0.4, -0.2) is 18.4 Å². The molecule has 0 aliphatic rings. The van der Waals surface area contributed by atoms with E-state index in [9.17, 15) is 0 Å². The fourth-order valence-electron chi connectivity index (χ4n) is 0.155. The quantitative estimate of drug-likeness (QED) is 0.543. The Morgan fingerprint density at radius 2 is 2.50 bits per heavy atom. The van der Waals surface area contributed by atoms with Crippen molar-refractivity contribution in [2.45, 2.75) is 0 Å². The Morgan fingerprint density at radius 1 is 1.67 bits per heavy atom. The molecule has 1 aromatic rings. The molecule has 0 fully saturated rings. The van der Waals surface area contributed by atoms with E-state index in [-0.39, 0.29) is 0 Å². The summed E-state index contributed by atoms with van der Waals surface area (Å²) in [4.78, 5) is 0.